The highest BCUT2D eigenvalue weighted by molar-refractivity contribution is 5.78. The maximum atomic E-state index is 12.2. The van der Waals surface area contributed by atoms with Gasteiger partial charge in [-0.15, -0.1) is 0 Å². The molecule has 190 valence electrons. The predicted octanol–water partition coefficient (Wildman–Crippen LogP) is 8.20. The van der Waals surface area contributed by atoms with E-state index in [1.54, 1.807) is 0 Å². The first-order valence-corrected chi connectivity index (χ1v) is 13.1. The van der Waals surface area contributed by atoms with E-state index in [4.69, 9.17) is 9.72 Å². The van der Waals surface area contributed by atoms with E-state index in [-0.39, 0.29) is 16.9 Å². The van der Waals surface area contributed by atoms with Crippen molar-refractivity contribution < 1.29 is 9.53 Å². The van der Waals surface area contributed by atoms with Crippen molar-refractivity contribution in [1.82, 2.24) is 9.38 Å². The Bertz CT molecular complexity index is 1120. The monoisotopic (exact) mass is 477 g/mol. The lowest BCUT2D eigenvalue weighted by Crippen LogP contribution is -2.36. The van der Waals surface area contributed by atoms with Crippen LogP contribution in [-0.4, -0.2) is 20.9 Å². The van der Waals surface area contributed by atoms with E-state index < -0.39 is 0 Å². The van der Waals surface area contributed by atoms with E-state index >= 15 is 0 Å². The number of aromatic nitrogens is 2. The van der Waals surface area contributed by atoms with Crippen LogP contribution in [0.25, 0.3) is 16.9 Å². The number of benzene rings is 1. The van der Waals surface area contributed by atoms with Gasteiger partial charge in [0.15, 0.2) is 0 Å². The number of nitrogens with zero attached hydrogens (tertiary/aromatic N) is 2. The second kappa shape index (κ2) is 11.3. The van der Waals surface area contributed by atoms with E-state index in [2.05, 4.69) is 76.5 Å². The molecule has 3 aromatic rings. The lowest BCUT2D eigenvalue weighted by molar-refractivity contribution is -0.134. The molecule has 5 nitrogen and oxygen atoms in total. The quantitative estimate of drug-likeness (QED) is 0.172. The van der Waals surface area contributed by atoms with Gasteiger partial charge in [0.05, 0.1) is 0 Å². The van der Waals surface area contributed by atoms with Crippen LogP contribution in [0.2, 0.25) is 0 Å². The summed E-state index contributed by atoms with van der Waals surface area (Å²) in [5, 5.41) is 3.78. The van der Waals surface area contributed by atoms with Crippen molar-refractivity contribution in [1.29, 1.82) is 0 Å². The standard InChI is InChI=1S/C30H43N3O2/c1-8-9-10-11-12-13-26(34)35-24-16-14-23(15-17-24)27-28(32-30(6,7)21-29(3,4)5)33-19-18-22(2)20-25(33)31-27/h14-20,32H,8-13,21H2,1-7H3. The number of pyridine rings is 1. The number of anilines is 1. The summed E-state index contributed by atoms with van der Waals surface area (Å²) in [4.78, 5) is 17.2. The molecule has 0 aliphatic heterocycles. The van der Waals surface area contributed by atoms with Gasteiger partial charge in [0.25, 0.3) is 0 Å². The molecule has 0 saturated carbocycles. The zero-order valence-electron chi connectivity index (χ0n) is 22.7. The Kier molecular flexibility index (Phi) is 8.63. The van der Waals surface area contributed by atoms with Gasteiger partial charge in [-0.25, -0.2) is 4.98 Å². The molecule has 0 unspecified atom stereocenters. The third-order valence-corrected chi connectivity index (χ3v) is 6.05. The van der Waals surface area contributed by atoms with Crippen LogP contribution in [0.3, 0.4) is 0 Å². The Morgan fingerprint density at radius 1 is 1.00 bits per heavy atom. The molecule has 2 heterocycles. The van der Waals surface area contributed by atoms with Gasteiger partial charge in [0.1, 0.15) is 22.9 Å². The van der Waals surface area contributed by atoms with Crippen molar-refractivity contribution in [2.75, 3.05) is 5.32 Å². The number of ether oxygens (including phenoxy) is 1. The lowest BCUT2D eigenvalue weighted by Gasteiger charge is -2.34. The van der Waals surface area contributed by atoms with Crippen molar-refractivity contribution in [2.45, 2.75) is 99.0 Å². The molecule has 0 saturated heterocycles. The molecule has 0 amide bonds. The minimum absolute atomic E-state index is 0.125. The largest absolute Gasteiger partial charge is 0.427 e. The molecular weight excluding hydrogens is 434 g/mol. The van der Waals surface area contributed by atoms with Gasteiger partial charge in [-0.3, -0.25) is 9.20 Å². The maximum absolute atomic E-state index is 12.2. The van der Waals surface area contributed by atoms with Gasteiger partial charge in [0, 0.05) is 23.7 Å². The maximum Gasteiger partial charge on any atom is 0.311 e. The lowest BCUT2D eigenvalue weighted by atomic mass is 9.82. The smallest absolute Gasteiger partial charge is 0.311 e. The highest BCUT2D eigenvalue weighted by Crippen LogP contribution is 2.35. The summed E-state index contributed by atoms with van der Waals surface area (Å²) in [5.41, 5.74) is 4.03. The Morgan fingerprint density at radius 2 is 1.69 bits per heavy atom. The molecule has 35 heavy (non-hydrogen) atoms. The van der Waals surface area contributed by atoms with Crippen molar-refractivity contribution in [3.63, 3.8) is 0 Å². The van der Waals surface area contributed by atoms with Crippen molar-refractivity contribution in [3.8, 4) is 17.0 Å². The Morgan fingerprint density at radius 3 is 2.34 bits per heavy atom. The first-order chi connectivity index (χ1) is 16.5. The highest BCUT2D eigenvalue weighted by Gasteiger charge is 2.28. The van der Waals surface area contributed by atoms with Gasteiger partial charge < -0.3 is 10.1 Å². The Labute approximate surface area is 211 Å². The molecule has 0 aliphatic carbocycles. The number of imidazole rings is 1. The summed E-state index contributed by atoms with van der Waals surface area (Å²) in [7, 11) is 0. The number of aryl methyl sites for hydroxylation is 1. The minimum Gasteiger partial charge on any atom is -0.427 e. The molecule has 0 bridgehead atoms. The van der Waals surface area contributed by atoms with Crippen LogP contribution in [0.4, 0.5) is 5.82 Å². The second-order valence-corrected chi connectivity index (χ2v) is 11.7. The zero-order valence-corrected chi connectivity index (χ0v) is 22.7. The number of hydrogen-bond acceptors (Lipinski definition) is 4. The topological polar surface area (TPSA) is 55.6 Å². The SMILES string of the molecule is CCCCCCCC(=O)Oc1ccc(-c2nc3cc(C)ccn3c2NC(C)(C)CC(C)(C)C)cc1. The van der Waals surface area contributed by atoms with Crippen LogP contribution in [0, 0.1) is 12.3 Å². The number of unbranched alkanes of at least 4 members (excludes halogenated alkanes) is 4. The predicted molar refractivity (Wildman–Crippen MR) is 146 cm³/mol. The van der Waals surface area contributed by atoms with Gasteiger partial charge in [-0.2, -0.15) is 0 Å². The van der Waals surface area contributed by atoms with Crippen LogP contribution in [0.5, 0.6) is 5.75 Å². The van der Waals surface area contributed by atoms with Gasteiger partial charge in [-0.1, -0.05) is 53.4 Å². The van der Waals surface area contributed by atoms with Gasteiger partial charge >= 0.3 is 5.97 Å². The van der Waals surface area contributed by atoms with E-state index in [1.165, 1.54) is 24.8 Å². The normalized spacial score (nSPS) is 12.2. The number of nitrogens with one attached hydrogen (secondary N) is 1. The molecular formula is C30H43N3O2. The fourth-order valence-corrected chi connectivity index (χ4v) is 4.89. The molecule has 0 radical (unpaired) electrons. The summed E-state index contributed by atoms with van der Waals surface area (Å²) < 4.78 is 7.70. The summed E-state index contributed by atoms with van der Waals surface area (Å²) in [6.07, 6.45) is 9.12. The number of hydrogen-bond donors (Lipinski definition) is 1. The number of carbonyl (C=O) groups excluding carboxylic acids is 1. The molecule has 0 atom stereocenters. The summed E-state index contributed by atoms with van der Waals surface area (Å²) >= 11 is 0. The molecule has 0 fully saturated rings. The average Bonchev–Trinajstić information content (AvgIpc) is 3.09. The van der Waals surface area contributed by atoms with Crippen LogP contribution >= 0.6 is 0 Å². The molecule has 3 rings (SSSR count). The van der Waals surface area contributed by atoms with Gasteiger partial charge in [0.2, 0.25) is 0 Å². The minimum atomic E-state index is -0.163. The van der Waals surface area contributed by atoms with Crippen LogP contribution in [0.15, 0.2) is 42.6 Å². The van der Waals surface area contributed by atoms with Crippen molar-refractivity contribution >= 4 is 17.4 Å². The Hall–Kier alpha value is -2.82. The van der Waals surface area contributed by atoms with E-state index in [9.17, 15) is 4.79 Å². The summed E-state index contributed by atoms with van der Waals surface area (Å²) in [5.74, 6) is 1.39. The van der Waals surface area contributed by atoms with E-state index in [0.29, 0.717) is 12.2 Å². The summed E-state index contributed by atoms with van der Waals surface area (Å²) in [6.45, 7) is 15.5. The third-order valence-electron chi connectivity index (χ3n) is 6.05. The first-order valence-electron chi connectivity index (χ1n) is 13.1. The zero-order chi connectivity index (χ0) is 25.6. The van der Waals surface area contributed by atoms with E-state index in [0.717, 1.165) is 42.0 Å². The molecule has 5 heteroatoms. The van der Waals surface area contributed by atoms with Crippen molar-refractivity contribution in [2.24, 2.45) is 5.41 Å². The van der Waals surface area contributed by atoms with Crippen molar-refractivity contribution in [3.05, 3.63) is 48.2 Å². The molecule has 0 aliphatic rings. The number of carbonyl (C=O) groups is 1. The summed E-state index contributed by atoms with van der Waals surface area (Å²) in [6, 6.07) is 11.9. The Balaban J connectivity index is 1.81. The molecule has 0 spiro atoms. The van der Waals surface area contributed by atoms with Crippen LogP contribution in [-0.2, 0) is 4.79 Å². The van der Waals surface area contributed by atoms with Gasteiger partial charge in [-0.05, 0) is 81.0 Å². The van der Waals surface area contributed by atoms with Crippen LogP contribution < -0.4 is 10.1 Å². The molecule has 2 aromatic heterocycles. The van der Waals surface area contributed by atoms with E-state index in [1.807, 2.05) is 24.3 Å². The molecule has 1 aromatic carbocycles. The third kappa shape index (κ3) is 7.84. The number of rotatable bonds is 11. The average molecular weight is 478 g/mol. The first kappa shape index (κ1) is 26.8. The second-order valence-electron chi connectivity index (χ2n) is 11.7. The number of esters is 1. The number of fused-ring (bicyclic) bond motifs is 1. The highest BCUT2D eigenvalue weighted by atomic mass is 16.5. The molecule has 1 N–H and O–H groups in total. The fourth-order valence-electron chi connectivity index (χ4n) is 4.89. The fraction of sp³-hybridized carbons (Fsp3) is 0.533. The van der Waals surface area contributed by atoms with Crippen LogP contribution in [0.1, 0.15) is 92.1 Å².